The number of carboxylic acid groups (broad SMARTS) is 2. The molecule has 7 heteroatoms. The monoisotopic (exact) mass is 423 g/mol. The van der Waals surface area contributed by atoms with E-state index in [9.17, 15) is 9.59 Å². The van der Waals surface area contributed by atoms with Crippen molar-refractivity contribution in [3.8, 4) is 0 Å². The van der Waals surface area contributed by atoms with Crippen LogP contribution in [-0.4, -0.2) is 60.4 Å². The van der Waals surface area contributed by atoms with Gasteiger partial charge < -0.3 is 24.6 Å². The molecule has 1 aliphatic heterocycles. The SMILES string of the molecule is CN(C)CC1COC2(O1)c1ccccc1C=Cc1ccccc12.O=C(O)/C=C\C(=O)O. The Kier molecular flexibility index (Phi) is 7.02. The van der Waals surface area contributed by atoms with Crippen LogP contribution in [0.5, 0.6) is 0 Å². The topological polar surface area (TPSA) is 96.3 Å². The van der Waals surface area contributed by atoms with Crippen LogP contribution in [0.3, 0.4) is 0 Å². The summed E-state index contributed by atoms with van der Waals surface area (Å²) < 4.78 is 12.9. The minimum Gasteiger partial charge on any atom is -0.478 e. The minimum absolute atomic E-state index is 0.0595. The number of fused-ring (bicyclic) bond motifs is 4. The molecule has 1 spiro atoms. The second kappa shape index (κ2) is 9.70. The molecule has 2 aromatic rings. The molecule has 0 bridgehead atoms. The van der Waals surface area contributed by atoms with E-state index in [1.165, 1.54) is 0 Å². The highest BCUT2D eigenvalue weighted by Crippen LogP contribution is 2.45. The second-order valence-electron chi connectivity index (χ2n) is 7.45. The van der Waals surface area contributed by atoms with Crippen LogP contribution >= 0.6 is 0 Å². The van der Waals surface area contributed by atoms with Gasteiger partial charge in [-0.05, 0) is 25.2 Å². The number of carbonyl (C=O) groups is 2. The average Bonchev–Trinajstić information content (AvgIpc) is 3.09. The molecular weight excluding hydrogens is 398 g/mol. The standard InChI is InChI=1S/C20H21NO2.C4H4O4/c1-21(2)13-17-14-22-20(23-17)18-9-5-3-7-15(18)11-12-16-8-4-6-10-19(16)20;5-3(6)1-2-4(7)8/h3-12,17H,13-14H2,1-2H3;1-2H,(H,5,6)(H,7,8)/b;2-1-. The maximum atomic E-state index is 9.55. The summed E-state index contributed by atoms with van der Waals surface area (Å²) in [6.45, 7) is 1.44. The highest BCUT2D eigenvalue weighted by Gasteiger charge is 2.47. The maximum absolute atomic E-state index is 9.55. The third-order valence-corrected chi connectivity index (χ3v) is 4.82. The number of nitrogens with zero attached hydrogens (tertiary/aromatic N) is 1. The molecule has 1 aliphatic carbocycles. The lowest BCUT2D eigenvalue weighted by atomic mass is 9.93. The quantitative estimate of drug-likeness (QED) is 0.730. The zero-order valence-electron chi connectivity index (χ0n) is 17.4. The number of benzene rings is 2. The van der Waals surface area contributed by atoms with Crippen molar-refractivity contribution in [2.75, 3.05) is 27.2 Å². The Balaban J connectivity index is 0.000000293. The highest BCUT2D eigenvalue weighted by molar-refractivity contribution is 5.89. The number of hydrogen-bond acceptors (Lipinski definition) is 5. The third kappa shape index (κ3) is 5.27. The molecule has 4 rings (SSSR count). The summed E-state index contributed by atoms with van der Waals surface area (Å²) in [5.41, 5.74) is 4.47. The second-order valence-corrected chi connectivity index (χ2v) is 7.45. The Hall–Kier alpha value is -3.26. The molecular formula is C24H25NO6. The van der Waals surface area contributed by atoms with E-state index in [0.29, 0.717) is 18.8 Å². The smallest absolute Gasteiger partial charge is 0.328 e. The van der Waals surface area contributed by atoms with Crippen molar-refractivity contribution >= 4 is 24.1 Å². The van der Waals surface area contributed by atoms with Crippen LogP contribution in [0.15, 0.2) is 60.7 Å². The van der Waals surface area contributed by atoms with Crippen molar-refractivity contribution in [1.29, 1.82) is 0 Å². The lowest BCUT2D eigenvalue weighted by molar-refractivity contribution is -0.144. The molecule has 0 saturated carbocycles. The fraction of sp³-hybridized carbons (Fsp3) is 0.250. The largest absolute Gasteiger partial charge is 0.478 e. The van der Waals surface area contributed by atoms with E-state index in [-0.39, 0.29) is 6.10 Å². The Morgan fingerprint density at radius 3 is 1.90 bits per heavy atom. The molecule has 2 N–H and O–H groups in total. The lowest BCUT2D eigenvalue weighted by Gasteiger charge is -2.31. The van der Waals surface area contributed by atoms with Gasteiger partial charge in [-0.3, -0.25) is 0 Å². The van der Waals surface area contributed by atoms with Gasteiger partial charge in [0.1, 0.15) is 0 Å². The van der Waals surface area contributed by atoms with Gasteiger partial charge in [0.05, 0.1) is 12.7 Å². The minimum atomic E-state index is -1.26. The number of aliphatic carboxylic acids is 2. The van der Waals surface area contributed by atoms with E-state index in [1.54, 1.807) is 0 Å². The number of rotatable bonds is 4. The molecule has 0 amide bonds. The number of carboxylic acids is 2. The Morgan fingerprint density at radius 1 is 0.968 bits per heavy atom. The van der Waals surface area contributed by atoms with Crippen molar-refractivity contribution in [1.82, 2.24) is 4.90 Å². The molecule has 7 nitrogen and oxygen atoms in total. The third-order valence-electron chi connectivity index (χ3n) is 4.82. The molecule has 0 aromatic heterocycles. The summed E-state index contributed by atoms with van der Waals surface area (Å²) in [7, 11) is 4.12. The highest BCUT2D eigenvalue weighted by atomic mass is 16.7. The summed E-state index contributed by atoms with van der Waals surface area (Å²) in [6, 6.07) is 16.7. The van der Waals surface area contributed by atoms with E-state index < -0.39 is 17.7 Å². The Morgan fingerprint density at radius 2 is 1.45 bits per heavy atom. The van der Waals surface area contributed by atoms with Gasteiger partial charge in [0.25, 0.3) is 0 Å². The van der Waals surface area contributed by atoms with Crippen LogP contribution in [0.1, 0.15) is 22.3 Å². The van der Waals surface area contributed by atoms with E-state index >= 15 is 0 Å². The van der Waals surface area contributed by atoms with Crippen LogP contribution in [0.25, 0.3) is 12.2 Å². The van der Waals surface area contributed by atoms with Gasteiger partial charge in [0.15, 0.2) is 0 Å². The van der Waals surface area contributed by atoms with Gasteiger partial charge in [0, 0.05) is 29.8 Å². The van der Waals surface area contributed by atoms with Crippen molar-refractivity contribution in [2.45, 2.75) is 11.9 Å². The molecule has 1 saturated heterocycles. The first-order chi connectivity index (χ1) is 14.8. The normalized spacial score (nSPS) is 18.2. The van der Waals surface area contributed by atoms with Crippen LogP contribution < -0.4 is 0 Å². The first-order valence-electron chi connectivity index (χ1n) is 9.79. The van der Waals surface area contributed by atoms with Crippen molar-refractivity contribution in [3.05, 3.63) is 82.9 Å². The molecule has 2 aromatic carbocycles. The summed E-state index contributed by atoms with van der Waals surface area (Å²) in [6.07, 6.45) is 5.47. The number of ether oxygens (including phenoxy) is 2. The van der Waals surface area contributed by atoms with Crippen molar-refractivity contribution < 1.29 is 29.3 Å². The van der Waals surface area contributed by atoms with Crippen molar-refractivity contribution in [2.24, 2.45) is 0 Å². The predicted molar refractivity (Wildman–Crippen MR) is 116 cm³/mol. The van der Waals surface area contributed by atoms with Gasteiger partial charge in [-0.25, -0.2) is 9.59 Å². The van der Waals surface area contributed by atoms with Crippen molar-refractivity contribution in [3.63, 3.8) is 0 Å². The summed E-state index contributed by atoms with van der Waals surface area (Å²) in [5.74, 6) is -3.32. The van der Waals surface area contributed by atoms with E-state index in [0.717, 1.165) is 28.8 Å². The van der Waals surface area contributed by atoms with Crippen LogP contribution in [0, 0.1) is 0 Å². The zero-order valence-corrected chi connectivity index (χ0v) is 17.4. The van der Waals surface area contributed by atoms with Crippen LogP contribution in [0.2, 0.25) is 0 Å². The molecule has 2 aliphatic rings. The van der Waals surface area contributed by atoms with Crippen LogP contribution in [-0.2, 0) is 24.8 Å². The molecule has 1 fully saturated rings. The number of hydrogen-bond donors (Lipinski definition) is 2. The fourth-order valence-electron chi connectivity index (χ4n) is 3.64. The fourth-order valence-corrected chi connectivity index (χ4v) is 3.64. The van der Waals surface area contributed by atoms with E-state index in [1.807, 2.05) is 12.1 Å². The van der Waals surface area contributed by atoms with Crippen LogP contribution in [0.4, 0.5) is 0 Å². The molecule has 1 atom stereocenters. The first kappa shape index (κ1) is 22.4. The van der Waals surface area contributed by atoms with E-state index in [4.69, 9.17) is 19.7 Å². The predicted octanol–water partition coefficient (Wildman–Crippen LogP) is 3.06. The lowest BCUT2D eigenvalue weighted by Crippen LogP contribution is -2.33. The Labute approximate surface area is 180 Å². The maximum Gasteiger partial charge on any atom is 0.328 e. The molecule has 1 heterocycles. The van der Waals surface area contributed by atoms with Gasteiger partial charge in [-0.1, -0.05) is 60.7 Å². The van der Waals surface area contributed by atoms with E-state index in [2.05, 4.69) is 67.5 Å². The van der Waals surface area contributed by atoms with Gasteiger partial charge in [-0.15, -0.1) is 0 Å². The molecule has 162 valence electrons. The summed E-state index contributed by atoms with van der Waals surface area (Å²) in [4.78, 5) is 21.2. The zero-order chi connectivity index (χ0) is 22.4. The summed E-state index contributed by atoms with van der Waals surface area (Å²) in [5, 5.41) is 15.6. The number of likely N-dealkylation sites (N-methyl/N-ethyl adjacent to an activating group) is 1. The average molecular weight is 423 g/mol. The van der Waals surface area contributed by atoms with Gasteiger partial charge in [0.2, 0.25) is 5.79 Å². The van der Waals surface area contributed by atoms with Gasteiger partial charge in [-0.2, -0.15) is 0 Å². The molecule has 1 unspecified atom stereocenters. The summed E-state index contributed by atoms with van der Waals surface area (Å²) >= 11 is 0. The molecule has 0 radical (unpaired) electrons. The first-order valence-corrected chi connectivity index (χ1v) is 9.79. The molecule has 31 heavy (non-hydrogen) atoms. The van der Waals surface area contributed by atoms with Gasteiger partial charge >= 0.3 is 11.9 Å². The Bertz CT molecular complexity index is 945.